The second-order valence-corrected chi connectivity index (χ2v) is 7.17. The molecular formula is C18H19NO4S. The molecule has 0 spiro atoms. The van der Waals surface area contributed by atoms with E-state index in [1.807, 2.05) is 30.3 Å². The molecule has 1 unspecified atom stereocenters. The minimum Gasteiger partial charge on any atom is -0.612 e. The number of nitrogens with one attached hydrogen (secondary N) is 1. The van der Waals surface area contributed by atoms with Crippen molar-refractivity contribution in [1.29, 1.82) is 0 Å². The molecule has 24 heavy (non-hydrogen) atoms. The van der Waals surface area contributed by atoms with Crippen LogP contribution >= 0.6 is 0 Å². The minimum absolute atomic E-state index is 0.377. The number of ether oxygens (including phenoxy) is 1. The first-order valence-electron chi connectivity index (χ1n) is 7.59. The molecule has 5 nitrogen and oxygen atoms in total. The van der Waals surface area contributed by atoms with Crippen LogP contribution < -0.4 is 10.1 Å². The molecule has 0 aliphatic carbocycles. The van der Waals surface area contributed by atoms with E-state index in [2.05, 4.69) is 5.32 Å². The number of carbonyl (C=O) groups is 1. The number of rotatable bonds is 3. The van der Waals surface area contributed by atoms with E-state index in [1.165, 1.54) is 0 Å². The third kappa shape index (κ3) is 3.26. The van der Waals surface area contributed by atoms with Gasteiger partial charge in [0.2, 0.25) is 0 Å². The van der Waals surface area contributed by atoms with Gasteiger partial charge in [0.05, 0.1) is 7.11 Å². The molecular weight excluding hydrogens is 326 g/mol. The maximum absolute atomic E-state index is 12.3. The van der Waals surface area contributed by atoms with Crippen molar-refractivity contribution in [3.63, 3.8) is 0 Å². The first-order chi connectivity index (χ1) is 11.5. The van der Waals surface area contributed by atoms with Crippen molar-refractivity contribution in [2.45, 2.75) is 23.3 Å². The number of amides is 1. The summed E-state index contributed by atoms with van der Waals surface area (Å²) in [5.41, 5.74) is 2.38. The van der Waals surface area contributed by atoms with E-state index < -0.39 is 23.2 Å². The molecule has 0 aromatic heterocycles. The Morgan fingerprint density at radius 3 is 2.58 bits per heavy atom. The highest BCUT2D eigenvalue weighted by Gasteiger charge is 2.32. The summed E-state index contributed by atoms with van der Waals surface area (Å²) < 4.78 is 16.9. The fourth-order valence-corrected chi connectivity index (χ4v) is 3.50. The minimum atomic E-state index is -1.15. The van der Waals surface area contributed by atoms with Crippen molar-refractivity contribution in [3.8, 4) is 5.75 Å². The van der Waals surface area contributed by atoms with Crippen molar-refractivity contribution in [1.82, 2.24) is 0 Å². The van der Waals surface area contributed by atoms with Gasteiger partial charge in [-0.3, -0.25) is 4.79 Å². The van der Waals surface area contributed by atoms with Gasteiger partial charge in [-0.1, -0.05) is 12.1 Å². The largest absolute Gasteiger partial charge is 0.612 e. The zero-order chi connectivity index (χ0) is 17.3. The molecule has 0 radical (unpaired) electrons. The molecule has 126 valence electrons. The van der Waals surface area contributed by atoms with Gasteiger partial charge in [0.25, 0.3) is 5.91 Å². The number of benzene rings is 2. The molecule has 1 amide bonds. The summed E-state index contributed by atoms with van der Waals surface area (Å²) in [5, 5.41) is 13.2. The number of hydrogen-bond acceptors (Lipinski definition) is 4. The number of aliphatic hydroxyl groups excluding tert-OH is 1. The van der Waals surface area contributed by atoms with E-state index in [4.69, 9.17) is 4.74 Å². The highest BCUT2D eigenvalue weighted by molar-refractivity contribution is 7.90. The van der Waals surface area contributed by atoms with Gasteiger partial charge in [0.1, 0.15) is 18.1 Å². The first kappa shape index (κ1) is 16.8. The fourth-order valence-electron chi connectivity index (χ4n) is 2.93. The van der Waals surface area contributed by atoms with Crippen molar-refractivity contribution in [2.75, 3.05) is 18.7 Å². The standard InChI is InChI=1S/C18H19NO4S/c1-23-13-5-3-11(4-6-13)15-10-12-9-14(24(2)22)7-8-16(12)19-18(21)17(15)20/h3-9,15,17,20H,10H2,1-2H3,(H,19,21)/t15-,17+,24?/m0/s1. The van der Waals surface area contributed by atoms with E-state index >= 15 is 0 Å². The highest BCUT2D eigenvalue weighted by Crippen LogP contribution is 2.33. The molecule has 0 bridgehead atoms. The number of anilines is 1. The van der Waals surface area contributed by atoms with E-state index in [9.17, 15) is 14.5 Å². The SMILES string of the molecule is COc1ccc([C@@H]2Cc3cc([S+](C)[O-])ccc3NC(=O)[C@@H]2O)cc1. The molecule has 0 fully saturated rings. The third-order valence-electron chi connectivity index (χ3n) is 4.30. The maximum atomic E-state index is 12.3. The summed E-state index contributed by atoms with van der Waals surface area (Å²) >= 11 is -1.10. The van der Waals surface area contributed by atoms with Crippen molar-refractivity contribution in [2.24, 2.45) is 0 Å². The molecule has 1 heterocycles. The summed E-state index contributed by atoms with van der Waals surface area (Å²) in [6.45, 7) is 0. The van der Waals surface area contributed by atoms with Gasteiger partial charge in [0.15, 0.2) is 4.90 Å². The molecule has 0 saturated carbocycles. The lowest BCUT2D eigenvalue weighted by Crippen LogP contribution is -2.31. The second-order valence-electron chi connectivity index (χ2n) is 5.79. The van der Waals surface area contributed by atoms with Crippen LogP contribution in [0, 0.1) is 0 Å². The van der Waals surface area contributed by atoms with Crippen LogP contribution in [-0.2, 0) is 22.4 Å². The van der Waals surface area contributed by atoms with Crippen LogP contribution in [0.3, 0.4) is 0 Å². The normalized spacial score (nSPS) is 21.4. The van der Waals surface area contributed by atoms with Crippen molar-refractivity contribution < 1.29 is 19.2 Å². The lowest BCUT2D eigenvalue weighted by atomic mass is 9.88. The molecule has 1 aliphatic heterocycles. The second kappa shape index (κ2) is 6.84. The topological polar surface area (TPSA) is 81.6 Å². The lowest BCUT2D eigenvalue weighted by Gasteiger charge is -2.19. The van der Waals surface area contributed by atoms with Gasteiger partial charge in [-0.05, 0) is 59.1 Å². The molecule has 1 aliphatic rings. The number of methoxy groups -OCH3 is 1. The Morgan fingerprint density at radius 1 is 1.25 bits per heavy atom. The summed E-state index contributed by atoms with van der Waals surface area (Å²) in [6, 6.07) is 12.6. The van der Waals surface area contributed by atoms with E-state index in [-0.39, 0.29) is 5.92 Å². The highest BCUT2D eigenvalue weighted by atomic mass is 32.2. The molecule has 6 heteroatoms. The van der Waals surface area contributed by atoms with Crippen LogP contribution in [0.15, 0.2) is 47.4 Å². The first-order valence-corrected chi connectivity index (χ1v) is 9.14. The Labute approximate surface area is 143 Å². The van der Waals surface area contributed by atoms with Crippen LogP contribution in [0.25, 0.3) is 0 Å². The number of aliphatic hydroxyl groups is 1. The van der Waals surface area contributed by atoms with Crippen LogP contribution in [0.5, 0.6) is 5.75 Å². The summed E-state index contributed by atoms with van der Waals surface area (Å²) in [4.78, 5) is 13.0. The Kier molecular flexibility index (Phi) is 4.80. The zero-order valence-corrected chi connectivity index (χ0v) is 14.3. The Balaban J connectivity index is 1.99. The predicted octanol–water partition coefficient (Wildman–Crippen LogP) is 2.07. The molecule has 0 saturated heterocycles. The van der Waals surface area contributed by atoms with Gasteiger partial charge in [-0.25, -0.2) is 0 Å². The zero-order valence-electron chi connectivity index (χ0n) is 13.5. The van der Waals surface area contributed by atoms with Gasteiger partial charge in [0, 0.05) is 11.6 Å². The summed E-state index contributed by atoms with van der Waals surface area (Å²) in [7, 11) is 1.59. The van der Waals surface area contributed by atoms with Crippen LogP contribution in [-0.4, -0.2) is 35.0 Å². The van der Waals surface area contributed by atoms with Crippen LogP contribution in [0.4, 0.5) is 5.69 Å². The van der Waals surface area contributed by atoms with Gasteiger partial charge in [-0.15, -0.1) is 0 Å². The van der Waals surface area contributed by atoms with Crippen molar-refractivity contribution >= 4 is 22.8 Å². The van der Waals surface area contributed by atoms with E-state index in [0.29, 0.717) is 17.0 Å². The monoisotopic (exact) mass is 345 g/mol. The molecule has 2 N–H and O–H groups in total. The smallest absolute Gasteiger partial charge is 0.253 e. The fraction of sp³-hybridized carbons (Fsp3) is 0.278. The average molecular weight is 345 g/mol. The van der Waals surface area contributed by atoms with Crippen LogP contribution in [0.1, 0.15) is 17.0 Å². The quantitative estimate of drug-likeness (QED) is 0.835. The molecule has 3 rings (SSSR count). The predicted molar refractivity (Wildman–Crippen MR) is 92.8 cm³/mol. The van der Waals surface area contributed by atoms with Gasteiger partial charge >= 0.3 is 0 Å². The Morgan fingerprint density at radius 2 is 1.96 bits per heavy atom. The van der Waals surface area contributed by atoms with E-state index in [1.54, 1.807) is 25.5 Å². The third-order valence-corrected chi connectivity index (χ3v) is 5.22. The van der Waals surface area contributed by atoms with Crippen molar-refractivity contribution in [3.05, 3.63) is 53.6 Å². The Hall–Kier alpha value is -2.02. The maximum Gasteiger partial charge on any atom is 0.253 e. The molecule has 2 aromatic rings. The number of carbonyl (C=O) groups excluding carboxylic acids is 1. The molecule has 2 aromatic carbocycles. The average Bonchev–Trinajstić information content (AvgIpc) is 2.71. The molecule has 3 atom stereocenters. The lowest BCUT2D eigenvalue weighted by molar-refractivity contribution is -0.124. The summed E-state index contributed by atoms with van der Waals surface area (Å²) in [6.07, 6.45) is 0.945. The van der Waals surface area contributed by atoms with Crippen LogP contribution in [0.2, 0.25) is 0 Å². The van der Waals surface area contributed by atoms with E-state index in [0.717, 1.165) is 16.9 Å². The number of hydrogen-bond donors (Lipinski definition) is 2. The van der Waals surface area contributed by atoms with Gasteiger partial charge < -0.3 is 19.7 Å². The van der Waals surface area contributed by atoms with Gasteiger partial charge in [-0.2, -0.15) is 0 Å². The Bertz CT molecular complexity index is 745. The summed E-state index contributed by atoms with van der Waals surface area (Å²) in [5.74, 6) is -0.0898. The number of fused-ring (bicyclic) bond motifs is 1.